The molecule has 136 valence electrons. The first kappa shape index (κ1) is 18.1. The number of hydrogen-bond donors (Lipinski definition) is 1. The SMILES string of the molecule is O=C(Nc1ccc(F)c(Cl)c1)C1CC(=O)N(CCN2CCOCC2)C1. The van der Waals surface area contributed by atoms with Gasteiger partial charge in [0, 0.05) is 44.8 Å². The largest absolute Gasteiger partial charge is 0.379 e. The van der Waals surface area contributed by atoms with Gasteiger partial charge in [-0.15, -0.1) is 0 Å². The van der Waals surface area contributed by atoms with Crippen LogP contribution in [0.2, 0.25) is 5.02 Å². The number of halogens is 2. The second-order valence-corrected chi connectivity index (χ2v) is 6.72. The molecule has 1 N–H and O–H groups in total. The van der Waals surface area contributed by atoms with Gasteiger partial charge in [0.2, 0.25) is 11.8 Å². The van der Waals surface area contributed by atoms with Gasteiger partial charge in [0.25, 0.3) is 0 Å². The Kier molecular flexibility index (Phi) is 5.88. The Morgan fingerprint density at radius 2 is 2.08 bits per heavy atom. The van der Waals surface area contributed by atoms with Crippen LogP contribution in [0.3, 0.4) is 0 Å². The van der Waals surface area contributed by atoms with Crippen molar-refractivity contribution in [3.63, 3.8) is 0 Å². The Hall–Kier alpha value is -1.70. The Morgan fingerprint density at radius 3 is 2.80 bits per heavy atom. The molecule has 1 unspecified atom stereocenters. The number of amides is 2. The summed E-state index contributed by atoms with van der Waals surface area (Å²) in [6.07, 6.45) is 0.198. The summed E-state index contributed by atoms with van der Waals surface area (Å²) in [7, 11) is 0. The standard InChI is InChI=1S/C17H21ClFN3O3/c18-14-10-13(1-2-15(14)19)20-17(24)12-9-16(23)22(11-12)4-3-21-5-7-25-8-6-21/h1-2,10,12H,3-9,11H2,(H,20,24). The highest BCUT2D eigenvalue weighted by atomic mass is 35.5. The van der Waals surface area contributed by atoms with Gasteiger partial charge in [-0.1, -0.05) is 11.6 Å². The lowest BCUT2D eigenvalue weighted by Crippen LogP contribution is -2.42. The third kappa shape index (κ3) is 4.68. The average Bonchev–Trinajstić information content (AvgIpc) is 2.98. The van der Waals surface area contributed by atoms with Gasteiger partial charge in [0.1, 0.15) is 5.82 Å². The van der Waals surface area contributed by atoms with Crippen molar-refractivity contribution in [1.29, 1.82) is 0 Å². The first-order valence-electron chi connectivity index (χ1n) is 8.37. The van der Waals surface area contributed by atoms with Gasteiger partial charge < -0.3 is 15.0 Å². The second kappa shape index (κ2) is 8.12. The van der Waals surface area contributed by atoms with E-state index in [0.717, 1.165) is 32.8 Å². The summed E-state index contributed by atoms with van der Waals surface area (Å²) in [6.45, 7) is 5.00. The normalized spacial score (nSPS) is 21.6. The molecule has 2 saturated heterocycles. The third-order valence-corrected chi connectivity index (χ3v) is 4.85. The first-order valence-corrected chi connectivity index (χ1v) is 8.74. The Morgan fingerprint density at radius 1 is 1.32 bits per heavy atom. The number of nitrogens with one attached hydrogen (secondary N) is 1. The van der Waals surface area contributed by atoms with Crippen molar-refractivity contribution in [2.75, 3.05) is 51.3 Å². The summed E-state index contributed by atoms with van der Waals surface area (Å²) in [4.78, 5) is 28.5. The lowest BCUT2D eigenvalue weighted by Gasteiger charge is -2.28. The van der Waals surface area contributed by atoms with Crippen LogP contribution in [0.5, 0.6) is 0 Å². The summed E-state index contributed by atoms with van der Waals surface area (Å²) in [5, 5.41) is 2.65. The van der Waals surface area contributed by atoms with E-state index in [2.05, 4.69) is 10.2 Å². The molecule has 6 nitrogen and oxygen atoms in total. The van der Waals surface area contributed by atoms with E-state index in [9.17, 15) is 14.0 Å². The number of ether oxygens (including phenoxy) is 1. The van der Waals surface area contributed by atoms with E-state index in [1.165, 1.54) is 18.2 Å². The quantitative estimate of drug-likeness (QED) is 0.856. The van der Waals surface area contributed by atoms with Crippen molar-refractivity contribution in [2.45, 2.75) is 6.42 Å². The summed E-state index contributed by atoms with van der Waals surface area (Å²) in [6, 6.07) is 4.01. The molecule has 1 aromatic rings. The van der Waals surface area contributed by atoms with E-state index in [4.69, 9.17) is 16.3 Å². The molecule has 0 saturated carbocycles. The number of carbonyl (C=O) groups is 2. The molecular formula is C17H21ClFN3O3. The Balaban J connectivity index is 1.50. The van der Waals surface area contributed by atoms with Crippen LogP contribution in [0.1, 0.15) is 6.42 Å². The van der Waals surface area contributed by atoms with Crippen molar-refractivity contribution in [3.05, 3.63) is 29.0 Å². The molecule has 0 spiro atoms. The molecule has 3 rings (SSSR count). The van der Waals surface area contributed by atoms with Crippen LogP contribution in [-0.2, 0) is 14.3 Å². The van der Waals surface area contributed by atoms with Crippen molar-refractivity contribution < 1.29 is 18.7 Å². The molecule has 1 aromatic carbocycles. The number of rotatable bonds is 5. The van der Waals surface area contributed by atoms with Gasteiger partial charge in [-0.25, -0.2) is 4.39 Å². The zero-order valence-electron chi connectivity index (χ0n) is 13.8. The second-order valence-electron chi connectivity index (χ2n) is 6.31. The highest BCUT2D eigenvalue weighted by Gasteiger charge is 2.34. The molecule has 1 atom stereocenters. The molecule has 2 amide bonds. The molecule has 2 aliphatic rings. The van der Waals surface area contributed by atoms with Gasteiger partial charge in [0.15, 0.2) is 0 Å². The molecule has 2 aliphatic heterocycles. The van der Waals surface area contributed by atoms with Crippen molar-refractivity contribution in [1.82, 2.24) is 9.80 Å². The number of hydrogen-bond acceptors (Lipinski definition) is 4. The van der Waals surface area contributed by atoms with Gasteiger partial charge >= 0.3 is 0 Å². The van der Waals surface area contributed by atoms with Crippen LogP contribution >= 0.6 is 11.6 Å². The van der Waals surface area contributed by atoms with Crippen LogP contribution in [0.4, 0.5) is 10.1 Å². The van der Waals surface area contributed by atoms with Crippen molar-refractivity contribution in [2.24, 2.45) is 5.92 Å². The molecule has 8 heteroatoms. The summed E-state index contributed by atoms with van der Waals surface area (Å²) in [5.74, 6) is -1.19. The predicted octanol–water partition coefficient (Wildman–Crippen LogP) is 1.60. The number of likely N-dealkylation sites (tertiary alicyclic amines) is 1. The summed E-state index contributed by atoms with van der Waals surface area (Å²) in [5.41, 5.74) is 0.426. The molecule has 0 radical (unpaired) electrons. The van der Waals surface area contributed by atoms with E-state index in [1.54, 1.807) is 4.90 Å². The minimum absolute atomic E-state index is 0.00875. The molecular weight excluding hydrogens is 349 g/mol. The molecule has 0 aromatic heterocycles. The van der Waals surface area contributed by atoms with Crippen LogP contribution in [0.15, 0.2) is 18.2 Å². The van der Waals surface area contributed by atoms with Crippen molar-refractivity contribution in [3.8, 4) is 0 Å². The number of anilines is 1. The highest BCUT2D eigenvalue weighted by Crippen LogP contribution is 2.23. The maximum atomic E-state index is 13.2. The van der Waals surface area contributed by atoms with E-state index in [1.807, 2.05) is 0 Å². The highest BCUT2D eigenvalue weighted by molar-refractivity contribution is 6.31. The molecule has 2 heterocycles. The first-order chi connectivity index (χ1) is 12.0. The van der Waals surface area contributed by atoms with E-state index >= 15 is 0 Å². The van der Waals surface area contributed by atoms with Crippen LogP contribution in [0.25, 0.3) is 0 Å². The molecule has 25 heavy (non-hydrogen) atoms. The maximum absolute atomic E-state index is 13.2. The van der Waals surface area contributed by atoms with E-state index in [0.29, 0.717) is 18.8 Å². The number of carbonyl (C=O) groups excluding carboxylic acids is 2. The maximum Gasteiger partial charge on any atom is 0.229 e. The smallest absolute Gasteiger partial charge is 0.229 e. The van der Waals surface area contributed by atoms with Crippen LogP contribution < -0.4 is 5.32 Å². The minimum atomic E-state index is -0.537. The van der Waals surface area contributed by atoms with E-state index in [-0.39, 0.29) is 23.3 Å². The average molecular weight is 370 g/mol. The fourth-order valence-corrected chi connectivity index (χ4v) is 3.25. The fraction of sp³-hybridized carbons (Fsp3) is 0.529. The summed E-state index contributed by atoms with van der Waals surface area (Å²) < 4.78 is 18.5. The zero-order valence-corrected chi connectivity index (χ0v) is 14.6. The Bertz CT molecular complexity index is 652. The molecule has 0 aliphatic carbocycles. The minimum Gasteiger partial charge on any atom is -0.379 e. The Labute approximate surface area is 150 Å². The van der Waals surface area contributed by atoms with Gasteiger partial charge in [-0.2, -0.15) is 0 Å². The van der Waals surface area contributed by atoms with Gasteiger partial charge in [0.05, 0.1) is 24.2 Å². The van der Waals surface area contributed by atoms with Crippen LogP contribution in [-0.4, -0.2) is 67.6 Å². The lowest BCUT2D eigenvalue weighted by molar-refractivity contribution is -0.128. The van der Waals surface area contributed by atoms with Crippen LogP contribution in [0, 0.1) is 11.7 Å². The lowest BCUT2D eigenvalue weighted by atomic mass is 10.1. The summed E-state index contributed by atoms with van der Waals surface area (Å²) >= 11 is 5.72. The number of morpholine rings is 1. The number of nitrogens with zero attached hydrogens (tertiary/aromatic N) is 2. The van der Waals surface area contributed by atoms with E-state index < -0.39 is 11.7 Å². The fourth-order valence-electron chi connectivity index (χ4n) is 3.07. The number of benzene rings is 1. The predicted molar refractivity (Wildman–Crippen MR) is 92.0 cm³/mol. The topological polar surface area (TPSA) is 61.9 Å². The monoisotopic (exact) mass is 369 g/mol. The van der Waals surface area contributed by atoms with Gasteiger partial charge in [-0.05, 0) is 18.2 Å². The molecule has 2 fully saturated rings. The van der Waals surface area contributed by atoms with Gasteiger partial charge in [-0.3, -0.25) is 14.5 Å². The molecule has 0 bridgehead atoms. The zero-order chi connectivity index (χ0) is 17.8. The van der Waals surface area contributed by atoms with Crippen molar-refractivity contribution >= 4 is 29.1 Å². The third-order valence-electron chi connectivity index (χ3n) is 4.56.